The normalized spacial score (nSPS) is 18.2. The molecule has 0 amide bonds. The fourth-order valence-electron chi connectivity index (χ4n) is 2.66. The number of phenolic OH excluding ortho intramolecular Hbond substituents is 1. The highest BCUT2D eigenvalue weighted by molar-refractivity contribution is 6.01. The van der Waals surface area contributed by atoms with Crippen LogP contribution in [0.4, 0.5) is 0 Å². The van der Waals surface area contributed by atoms with Crippen LogP contribution in [0.1, 0.15) is 29.2 Å². The first-order chi connectivity index (χ1) is 9.63. The summed E-state index contributed by atoms with van der Waals surface area (Å²) in [4.78, 5) is 0. The molecule has 0 fully saturated rings. The molecule has 1 aliphatic rings. The maximum Gasteiger partial charge on any atom is 0.115 e. The van der Waals surface area contributed by atoms with E-state index < -0.39 is 0 Å². The predicted molar refractivity (Wildman–Crippen MR) is 80.9 cm³/mol. The molecule has 1 heterocycles. The molecule has 102 valence electrons. The zero-order valence-electron chi connectivity index (χ0n) is 11.7. The van der Waals surface area contributed by atoms with E-state index in [1.165, 1.54) is 11.1 Å². The summed E-state index contributed by atoms with van der Waals surface area (Å²) in [6, 6.07) is 16.1. The van der Waals surface area contributed by atoms with E-state index in [1.54, 1.807) is 12.1 Å². The Balaban J connectivity index is 1.85. The molecule has 0 bridgehead atoms. The van der Waals surface area contributed by atoms with Crippen molar-refractivity contribution in [3.8, 4) is 5.75 Å². The summed E-state index contributed by atoms with van der Waals surface area (Å²) in [6.45, 7) is 2.11. The molecule has 0 saturated heterocycles. The first-order valence-electron chi connectivity index (χ1n) is 6.80. The number of hydrazone groups is 1. The maximum atomic E-state index is 9.36. The summed E-state index contributed by atoms with van der Waals surface area (Å²) in [5.74, 6) is 0.288. The molecule has 3 heteroatoms. The number of hydrogen-bond donors (Lipinski definition) is 1. The molecule has 0 radical (unpaired) electrons. The van der Waals surface area contributed by atoms with Crippen LogP contribution in [0.3, 0.4) is 0 Å². The van der Waals surface area contributed by atoms with Crippen LogP contribution in [0.25, 0.3) is 0 Å². The van der Waals surface area contributed by atoms with Crippen molar-refractivity contribution in [1.82, 2.24) is 5.01 Å². The first kappa shape index (κ1) is 12.7. The maximum absolute atomic E-state index is 9.36. The largest absolute Gasteiger partial charge is 0.508 e. The van der Waals surface area contributed by atoms with Crippen molar-refractivity contribution in [2.24, 2.45) is 5.10 Å². The number of benzene rings is 2. The van der Waals surface area contributed by atoms with Crippen LogP contribution in [0.2, 0.25) is 0 Å². The number of rotatable bonds is 2. The number of aromatic hydroxyl groups is 1. The molecule has 0 saturated carbocycles. The van der Waals surface area contributed by atoms with E-state index in [1.807, 2.05) is 24.2 Å². The molecule has 0 spiro atoms. The van der Waals surface area contributed by atoms with Crippen LogP contribution in [-0.2, 0) is 0 Å². The minimum absolute atomic E-state index is 0.288. The third kappa shape index (κ3) is 2.39. The Kier molecular flexibility index (Phi) is 3.18. The molecular formula is C17H18N2O. The molecule has 1 N–H and O–H groups in total. The highest BCUT2D eigenvalue weighted by Gasteiger charge is 2.25. The van der Waals surface area contributed by atoms with Crippen LogP contribution in [-0.4, -0.2) is 22.9 Å². The second-order valence-electron chi connectivity index (χ2n) is 5.30. The summed E-state index contributed by atoms with van der Waals surface area (Å²) in [6.07, 6.45) is 0.894. The van der Waals surface area contributed by atoms with Gasteiger partial charge in [-0.2, -0.15) is 5.10 Å². The van der Waals surface area contributed by atoms with E-state index in [9.17, 15) is 5.11 Å². The molecule has 3 nitrogen and oxygen atoms in total. The Bertz CT molecular complexity index is 646. The molecule has 0 aromatic heterocycles. The average molecular weight is 266 g/mol. The van der Waals surface area contributed by atoms with Crippen LogP contribution in [0.5, 0.6) is 5.75 Å². The van der Waals surface area contributed by atoms with Crippen molar-refractivity contribution < 1.29 is 5.11 Å². The summed E-state index contributed by atoms with van der Waals surface area (Å²) in [7, 11) is 2.01. The van der Waals surface area contributed by atoms with Gasteiger partial charge in [0.05, 0.1) is 11.8 Å². The van der Waals surface area contributed by atoms with Gasteiger partial charge in [-0.15, -0.1) is 0 Å². The van der Waals surface area contributed by atoms with E-state index >= 15 is 0 Å². The van der Waals surface area contributed by atoms with Gasteiger partial charge in [-0.05, 0) is 42.3 Å². The average Bonchev–Trinajstić information content (AvgIpc) is 2.82. The van der Waals surface area contributed by atoms with Crippen molar-refractivity contribution in [2.75, 3.05) is 7.05 Å². The van der Waals surface area contributed by atoms with Gasteiger partial charge in [0.15, 0.2) is 0 Å². The number of nitrogens with zero attached hydrogens (tertiary/aromatic N) is 2. The van der Waals surface area contributed by atoms with Gasteiger partial charge in [0.1, 0.15) is 5.75 Å². The van der Waals surface area contributed by atoms with Gasteiger partial charge in [-0.3, -0.25) is 5.01 Å². The quantitative estimate of drug-likeness (QED) is 0.903. The zero-order chi connectivity index (χ0) is 14.1. The Morgan fingerprint density at radius 2 is 1.90 bits per heavy atom. The molecular weight excluding hydrogens is 248 g/mol. The summed E-state index contributed by atoms with van der Waals surface area (Å²) < 4.78 is 0. The van der Waals surface area contributed by atoms with Crippen LogP contribution < -0.4 is 0 Å². The van der Waals surface area contributed by atoms with Crippen molar-refractivity contribution >= 4 is 5.71 Å². The van der Waals surface area contributed by atoms with Crippen LogP contribution in [0, 0.1) is 6.92 Å². The minimum Gasteiger partial charge on any atom is -0.508 e. The molecule has 1 aliphatic heterocycles. The van der Waals surface area contributed by atoms with E-state index in [4.69, 9.17) is 0 Å². The van der Waals surface area contributed by atoms with Gasteiger partial charge in [0.2, 0.25) is 0 Å². The lowest BCUT2D eigenvalue weighted by atomic mass is 9.97. The van der Waals surface area contributed by atoms with E-state index in [2.05, 4.69) is 36.3 Å². The lowest BCUT2D eigenvalue weighted by Crippen LogP contribution is -2.13. The smallest absolute Gasteiger partial charge is 0.115 e. The number of phenols is 1. The van der Waals surface area contributed by atoms with Crippen molar-refractivity contribution in [2.45, 2.75) is 19.4 Å². The molecule has 2 aromatic carbocycles. The standard InChI is InChI=1S/C17H18N2O/c1-12-4-3-5-14(10-12)17-11-16(18-19(17)2)13-6-8-15(20)9-7-13/h3-10,17,20H,11H2,1-2H3. The summed E-state index contributed by atoms with van der Waals surface area (Å²) >= 11 is 0. The van der Waals surface area contributed by atoms with Crippen molar-refractivity contribution in [1.29, 1.82) is 0 Å². The van der Waals surface area contributed by atoms with Gasteiger partial charge in [0.25, 0.3) is 0 Å². The SMILES string of the molecule is Cc1cccc(C2CC(c3ccc(O)cc3)=NN2C)c1. The Hall–Kier alpha value is -2.29. The highest BCUT2D eigenvalue weighted by Crippen LogP contribution is 2.31. The molecule has 2 aromatic rings. The second kappa shape index (κ2) is 5.00. The van der Waals surface area contributed by atoms with E-state index in [0.29, 0.717) is 6.04 Å². The summed E-state index contributed by atoms with van der Waals surface area (Å²) in [5.41, 5.74) is 4.71. The lowest BCUT2D eigenvalue weighted by molar-refractivity contribution is 0.290. The van der Waals surface area contributed by atoms with Gasteiger partial charge in [-0.1, -0.05) is 29.8 Å². The Labute approximate surface area is 119 Å². The molecule has 0 aliphatic carbocycles. The Morgan fingerprint density at radius 3 is 2.60 bits per heavy atom. The lowest BCUT2D eigenvalue weighted by Gasteiger charge is -2.19. The van der Waals surface area contributed by atoms with Crippen molar-refractivity contribution in [3.63, 3.8) is 0 Å². The van der Waals surface area contributed by atoms with E-state index in [0.717, 1.165) is 17.7 Å². The van der Waals surface area contributed by atoms with Gasteiger partial charge in [-0.25, -0.2) is 0 Å². The van der Waals surface area contributed by atoms with Crippen LogP contribution in [0.15, 0.2) is 53.6 Å². The topological polar surface area (TPSA) is 35.8 Å². The number of aryl methyl sites for hydroxylation is 1. The van der Waals surface area contributed by atoms with Gasteiger partial charge < -0.3 is 5.11 Å². The number of hydrogen-bond acceptors (Lipinski definition) is 3. The minimum atomic E-state index is 0.288. The molecule has 1 unspecified atom stereocenters. The van der Waals surface area contributed by atoms with Gasteiger partial charge >= 0.3 is 0 Å². The predicted octanol–water partition coefficient (Wildman–Crippen LogP) is 3.48. The Morgan fingerprint density at radius 1 is 1.15 bits per heavy atom. The van der Waals surface area contributed by atoms with Crippen LogP contribution >= 0.6 is 0 Å². The summed E-state index contributed by atoms with van der Waals surface area (Å²) in [5, 5.41) is 16.0. The third-order valence-electron chi connectivity index (χ3n) is 3.74. The fraction of sp³-hybridized carbons (Fsp3) is 0.235. The third-order valence-corrected chi connectivity index (χ3v) is 3.74. The molecule has 20 heavy (non-hydrogen) atoms. The first-order valence-corrected chi connectivity index (χ1v) is 6.80. The van der Waals surface area contributed by atoms with E-state index in [-0.39, 0.29) is 5.75 Å². The monoisotopic (exact) mass is 266 g/mol. The van der Waals surface area contributed by atoms with Crippen molar-refractivity contribution in [3.05, 3.63) is 65.2 Å². The molecule has 1 atom stereocenters. The second-order valence-corrected chi connectivity index (χ2v) is 5.30. The zero-order valence-corrected chi connectivity index (χ0v) is 11.7. The molecule has 3 rings (SSSR count). The highest BCUT2D eigenvalue weighted by atomic mass is 16.3. The van der Waals surface area contributed by atoms with Gasteiger partial charge in [0, 0.05) is 13.5 Å². The fourth-order valence-corrected chi connectivity index (χ4v) is 2.66.